The van der Waals surface area contributed by atoms with Crippen LogP contribution in [0.25, 0.3) is 5.52 Å². The third-order valence-electron chi connectivity index (χ3n) is 6.73. The number of nitrogens with zero attached hydrogens (tertiary/aromatic N) is 2. The lowest BCUT2D eigenvalue weighted by Crippen LogP contribution is -3.00. The van der Waals surface area contributed by atoms with Crippen LogP contribution in [0.5, 0.6) is 0 Å². The van der Waals surface area contributed by atoms with E-state index < -0.39 is 17.3 Å². The van der Waals surface area contributed by atoms with Gasteiger partial charge in [-0.3, -0.25) is 9.20 Å². The number of aryl methyl sites for hydroxylation is 1. The van der Waals surface area contributed by atoms with Gasteiger partial charge in [-0.15, -0.1) is 0 Å². The monoisotopic (exact) mass is 421 g/mol. The first-order chi connectivity index (χ1) is 13.4. The molecule has 1 aliphatic heterocycles. The van der Waals surface area contributed by atoms with Crippen molar-refractivity contribution < 1.29 is 32.4 Å². The van der Waals surface area contributed by atoms with Crippen molar-refractivity contribution in [3.05, 3.63) is 45.1 Å². The number of hydrogen-bond acceptors (Lipinski definition) is 3. The van der Waals surface area contributed by atoms with Crippen molar-refractivity contribution >= 4 is 17.2 Å². The molecule has 3 fully saturated rings. The first-order valence-electron chi connectivity index (χ1n) is 10.1. The van der Waals surface area contributed by atoms with Gasteiger partial charge in [0.05, 0.1) is 23.9 Å². The van der Waals surface area contributed by atoms with Crippen molar-refractivity contribution in [2.75, 3.05) is 18.0 Å². The second kappa shape index (κ2) is 6.99. The highest BCUT2D eigenvalue weighted by Crippen LogP contribution is 2.45. The van der Waals surface area contributed by atoms with Gasteiger partial charge in [-0.05, 0) is 61.6 Å². The standard InChI is InChI=1S/C21H24FN3O3.ClH/c1-10-18-13(11-2-3-11)6-14(21(27)28)20(26)25(18)8-16(22)19(10)24-7-15(12-4-5-12)17(23)9-24;/h6,8,11-12,15,17H,2-5,7,9,23H2,1H3,(H,27,28);1H/t15-,17-;/m1./s1. The zero-order valence-electron chi connectivity index (χ0n) is 16.3. The van der Waals surface area contributed by atoms with Crippen molar-refractivity contribution in [1.82, 2.24) is 4.40 Å². The molecule has 29 heavy (non-hydrogen) atoms. The van der Waals surface area contributed by atoms with E-state index in [2.05, 4.69) is 10.6 Å². The number of hydrogen-bond donors (Lipinski definition) is 2. The summed E-state index contributed by atoms with van der Waals surface area (Å²) in [5.41, 5.74) is 6.11. The van der Waals surface area contributed by atoms with E-state index in [4.69, 9.17) is 0 Å². The highest BCUT2D eigenvalue weighted by Gasteiger charge is 2.44. The Balaban J connectivity index is 0.00000205. The number of aromatic carboxylic acids is 1. The smallest absolute Gasteiger partial charge is 0.341 e. The Hall–Kier alpha value is -2.12. The molecule has 156 valence electrons. The fourth-order valence-electron chi connectivity index (χ4n) is 5.03. The number of rotatable bonds is 4. The van der Waals surface area contributed by atoms with Crippen LogP contribution >= 0.6 is 0 Å². The molecule has 3 aliphatic rings. The summed E-state index contributed by atoms with van der Waals surface area (Å²) in [6, 6.07) is 1.79. The number of pyridine rings is 2. The average molecular weight is 422 g/mol. The Morgan fingerprint density at radius 2 is 1.93 bits per heavy atom. The molecular weight excluding hydrogens is 397 g/mol. The molecule has 0 bridgehead atoms. The van der Waals surface area contributed by atoms with Crippen molar-refractivity contribution in [3.8, 4) is 0 Å². The average Bonchev–Trinajstić information content (AvgIpc) is 3.54. The predicted octanol–water partition coefficient (Wildman–Crippen LogP) is -1.22. The molecule has 3 heterocycles. The molecule has 0 unspecified atom stereocenters. The molecular formula is C21H25ClFN3O3. The molecule has 0 amide bonds. The molecule has 2 aliphatic carbocycles. The van der Waals surface area contributed by atoms with Gasteiger partial charge in [0.1, 0.15) is 11.6 Å². The summed E-state index contributed by atoms with van der Waals surface area (Å²) in [6.07, 6.45) is 5.59. The van der Waals surface area contributed by atoms with E-state index in [0.29, 0.717) is 29.6 Å². The largest absolute Gasteiger partial charge is 1.00 e. The van der Waals surface area contributed by atoms with E-state index in [-0.39, 0.29) is 29.9 Å². The second-order valence-electron chi connectivity index (χ2n) is 8.73. The van der Waals surface area contributed by atoms with Gasteiger partial charge in [0, 0.05) is 12.5 Å². The number of carboxylic acid groups (broad SMARTS) is 1. The fraction of sp³-hybridized carbons (Fsp3) is 0.524. The van der Waals surface area contributed by atoms with Crippen molar-refractivity contribution in [3.63, 3.8) is 0 Å². The van der Waals surface area contributed by atoms with Gasteiger partial charge < -0.3 is 28.1 Å². The highest BCUT2D eigenvalue weighted by molar-refractivity contribution is 5.89. The SMILES string of the molecule is Cc1c(N2C[C@@H]([NH3+])[C@@H](C3CC3)C2)c(F)cn2c(=O)c(C(=O)O)cc(C3CC3)c12.[Cl-]. The molecule has 2 aromatic rings. The summed E-state index contributed by atoms with van der Waals surface area (Å²) in [4.78, 5) is 26.3. The minimum absolute atomic E-state index is 0. The van der Waals surface area contributed by atoms with Crippen molar-refractivity contribution in [1.29, 1.82) is 0 Å². The van der Waals surface area contributed by atoms with Gasteiger partial charge in [0.2, 0.25) is 0 Å². The Kier molecular flexibility index (Phi) is 4.86. The van der Waals surface area contributed by atoms with Crippen LogP contribution in [0.2, 0.25) is 0 Å². The van der Waals surface area contributed by atoms with E-state index in [1.54, 1.807) is 0 Å². The quantitative estimate of drug-likeness (QED) is 0.648. The topological polar surface area (TPSA) is 89.7 Å². The summed E-state index contributed by atoms with van der Waals surface area (Å²) in [7, 11) is 0. The minimum atomic E-state index is -1.27. The molecule has 2 saturated carbocycles. The van der Waals surface area contributed by atoms with E-state index in [0.717, 1.165) is 30.5 Å². The molecule has 2 atom stereocenters. The number of halogens is 2. The van der Waals surface area contributed by atoms with Gasteiger partial charge in [-0.2, -0.15) is 0 Å². The summed E-state index contributed by atoms with van der Waals surface area (Å²) in [5, 5.41) is 9.41. The van der Waals surface area contributed by atoms with Crippen molar-refractivity contribution in [2.45, 2.75) is 44.6 Å². The summed E-state index contributed by atoms with van der Waals surface area (Å²) in [5.74, 6) is -0.298. The van der Waals surface area contributed by atoms with Crippen LogP contribution in [0.4, 0.5) is 10.1 Å². The molecule has 0 radical (unpaired) electrons. The van der Waals surface area contributed by atoms with Crippen LogP contribution in [0.15, 0.2) is 17.1 Å². The molecule has 0 aromatic carbocycles. The number of carbonyl (C=O) groups is 1. The maximum atomic E-state index is 15.2. The van der Waals surface area contributed by atoms with Gasteiger partial charge >= 0.3 is 5.97 Å². The summed E-state index contributed by atoms with van der Waals surface area (Å²) < 4.78 is 16.4. The lowest BCUT2D eigenvalue weighted by Gasteiger charge is -2.23. The lowest BCUT2D eigenvalue weighted by atomic mass is 9.99. The van der Waals surface area contributed by atoms with Gasteiger partial charge in [-0.25, -0.2) is 9.18 Å². The van der Waals surface area contributed by atoms with Crippen LogP contribution in [0, 0.1) is 24.6 Å². The lowest BCUT2D eigenvalue weighted by molar-refractivity contribution is -0.424. The molecule has 6 nitrogen and oxygen atoms in total. The predicted molar refractivity (Wildman–Crippen MR) is 102 cm³/mol. The Morgan fingerprint density at radius 3 is 2.52 bits per heavy atom. The number of fused-ring (bicyclic) bond motifs is 1. The van der Waals surface area contributed by atoms with Gasteiger partial charge in [0.25, 0.3) is 5.56 Å². The summed E-state index contributed by atoms with van der Waals surface area (Å²) >= 11 is 0. The van der Waals surface area contributed by atoms with Gasteiger partial charge in [-0.1, -0.05) is 0 Å². The highest BCUT2D eigenvalue weighted by atomic mass is 35.5. The third kappa shape index (κ3) is 3.20. The number of aromatic nitrogens is 1. The Morgan fingerprint density at radius 1 is 1.24 bits per heavy atom. The Labute approximate surface area is 173 Å². The zero-order chi connectivity index (χ0) is 19.7. The molecule has 8 heteroatoms. The van der Waals surface area contributed by atoms with Crippen LogP contribution in [0.1, 0.15) is 53.1 Å². The van der Waals surface area contributed by atoms with Crippen LogP contribution in [-0.4, -0.2) is 34.6 Å². The maximum absolute atomic E-state index is 15.2. The van der Waals surface area contributed by atoms with Crippen molar-refractivity contribution in [2.24, 2.45) is 11.8 Å². The molecule has 1 saturated heterocycles. The van der Waals surface area contributed by atoms with Crippen LogP contribution in [-0.2, 0) is 0 Å². The fourth-order valence-corrected chi connectivity index (χ4v) is 5.03. The molecule has 5 rings (SSSR count). The van der Waals surface area contributed by atoms with E-state index in [9.17, 15) is 14.7 Å². The minimum Gasteiger partial charge on any atom is -1.00 e. The molecule has 4 N–H and O–H groups in total. The third-order valence-corrected chi connectivity index (χ3v) is 6.73. The first-order valence-corrected chi connectivity index (χ1v) is 10.1. The second-order valence-corrected chi connectivity index (χ2v) is 8.73. The number of carboxylic acids is 1. The van der Waals surface area contributed by atoms with E-state index >= 15 is 4.39 Å². The number of anilines is 1. The van der Waals surface area contributed by atoms with Crippen LogP contribution < -0.4 is 28.6 Å². The first kappa shape index (κ1) is 20.2. The molecule has 0 spiro atoms. The summed E-state index contributed by atoms with van der Waals surface area (Å²) in [6.45, 7) is 3.36. The zero-order valence-corrected chi connectivity index (χ0v) is 17.1. The Bertz CT molecular complexity index is 1060. The van der Waals surface area contributed by atoms with E-state index in [1.165, 1.54) is 29.5 Å². The van der Waals surface area contributed by atoms with E-state index in [1.807, 2.05) is 6.92 Å². The van der Waals surface area contributed by atoms with Crippen LogP contribution in [0.3, 0.4) is 0 Å². The number of quaternary nitrogens is 1. The maximum Gasteiger partial charge on any atom is 0.341 e. The molecule has 2 aromatic heterocycles. The van der Waals surface area contributed by atoms with Gasteiger partial charge in [0.15, 0.2) is 5.82 Å². The normalized spacial score (nSPS) is 24.0.